The fourth-order valence-electron chi connectivity index (χ4n) is 1.49. The van der Waals surface area contributed by atoms with Gasteiger partial charge in [0.25, 0.3) is 0 Å². The summed E-state index contributed by atoms with van der Waals surface area (Å²) in [6.45, 7) is 5.95. The summed E-state index contributed by atoms with van der Waals surface area (Å²) < 4.78 is 0.919. The quantitative estimate of drug-likeness (QED) is 0.720. The van der Waals surface area contributed by atoms with E-state index in [-0.39, 0.29) is 0 Å². The minimum atomic E-state index is 0.820. The topological polar surface area (TPSA) is 29.0 Å². The van der Waals surface area contributed by atoms with Crippen molar-refractivity contribution in [1.29, 1.82) is 0 Å². The maximum Gasteiger partial charge on any atom is 0.225 e. The Balaban J connectivity index is 2.08. The molecule has 0 aliphatic carbocycles. The van der Waals surface area contributed by atoms with Crippen molar-refractivity contribution in [3.05, 3.63) is 29.0 Å². The molecule has 0 spiro atoms. The largest absolute Gasteiger partial charge is 0.340 e. The molecule has 0 radical (unpaired) electrons. The number of hydrogen-bond donors (Lipinski definition) is 0. The molecule has 0 unspecified atom stereocenters. The Morgan fingerprint density at radius 1 is 1.21 bits per heavy atom. The lowest BCUT2D eigenvalue weighted by Gasteiger charge is -2.27. The van der Waals surface area contributed by atoms with Gasteiger partial charge in [-0.15, -0.1) is 0 Å². The number of rotatable bonds is 1. The van der Waals surface area contributed by atoms with Gasteiger partial charge < -0.3 is 4.90 Å². The second-order valence-corrected chi connectivity index (χ2v) is 4.35. The minimum absolute atomic E-state index is 0.820. The molecule has 1 fully saturated rings. The number of aromatic nitrogens is 2. The van der Waals surface area contributed by atoms with Crippen molar-refractivity contribution in [2.75, 3.05) is 18.0 Å². The molecule has 0 N–H and O–H groups in total. The van der Waals surface area contributed by atoms with Gasteiger partial charge in [-0.2, -0.15) is 0 Å². The van der Waals surface area contributed by atoms with Gasteiger partial charge in [-0.05, 0) is 28.8 Å². The van der Waals surface area contributed by atoms with Gasteiger partial charge in [0.1, 0.15) is 0 Å². The normalized spacial score (nSPS) is 17.2. The molecule has 0 saturated carbocycles. The van der Waals surface area contributed by atoms with E-state index in [0.717, 1.165) is 36.4 Å². The van der Waals surface area contributed by atoms with Crippen LogP contribution in [0.2, 0.25) is 0 Å². The molecular weight excluding hydrogens is 242 g/mol. The molecule has 14 heavy (non-hydrogen) atoms. The van der Waals surface area contributed by atoms with E-state index in [1.165, 1.54) is 5.57 Å². The first-order chi connectivity index (χ1) is 6.75. The molecule has 0 amide bonds. The molecule has 1 aromatic heterocycles. The number of halogens is 1. The van der Waals surface area contributed by atoms with Gasteiger partial charge in [-0.1, -0.05) is 12.2 Å². The third kappa shape index (κ3) is 2.12. The Morgan fingerprint density at radius 2 is 1.79 bits per heavy atom. The summed E-state index contributed by atoms with van der Waals surface area (Å²) in [5.41, 5.74) is 1.33. The molecule has 1 aromatic rings. The predicted molar refractivity (Wildman–Crippen MR) is 60.3 cm³/mol. The van der Waals surface area contributed by atoms with Gasteiger partial charge in [0.15, 0.2) is 0 Å². The summed E-state index contributed by atoms with van der Waals surface area (Å²) in [6.07, 6.45) is 5.68. The molecule has 2 rings (SSSR count). The van der Waals surface area contributed by atoms with Crippen LogP contribution in [-0.4, -0.2) is 23.1 Å². The lowest BCUT2D eigenvalue weighted by molar-refractivity contribution is 0.669. The van der Waals surface area contributed by atoms with Gasteiger partial charge in [0, 0.05) is 25.5 Å². The van der Waals surface area contributed by atoms with Crippen molar-refractivity contribution in [2.24, 2.45) is 0 Å². The van der Waals surface area contributed by atoms with Crippen LogP contribution >= 0.6 is 15.9 Å². The Bertz CT molecular complexity index is 324. The Kier molecular flexibility index (Phi) is 2.82. The smallest absolute Gasteiger partial charge is 0.225 e. The molecule has 1 aliphatic rings. The van der Waals surface area contributed by atoms with Gasteiger partial charge in [-0.25, -0.2) is 9.97 Å². The molecule has 4 heteroatoms. The molecule has 74 valence electrons. The van der Waals surface area contributed by atoms with Crippen LogP contribution in [-0.2, 0) is 0 Å². The van der Waals surface area contributed by atoms with Crippen LogP contribution in [0, 0.1) is 0 Å². The summed E-state index contributed by atoms with van der Waals surface area (Å²) in [6, 6.07) is 0. The van der Waals surface area contributed by atoms with Gasteiger partial charge >= 0.3 is 0 Å². The maximum absolute atomic E-state index is 4.27. The molecule has 0 bridgehead atoms. The molecular formula is C10H12BrN3. The predicted octanol–water partition coefficient (Wildman–Crippen LogP) is 2.40. The lowest BCUT2D eigenvalue weighted by Crippen LogP contribution is -2.31. The van der Waals surface area contributed by atoms with E-state index in [4.69, 9.17) is 0 Å². The Hall–Kier alpha value is -0.900. The standard InChI is InChI=1S/C10H12BrN3/c1-8-2-4-14(5-3-8)10-12-6-9(11)7-13-10/h6-7H,1-5H2. The van der Waals surface area contributed by atoms with E-state index in [1.807, 2.05) is 0 Å². The van der Waals surface area contributed by atoms with Crippen LogP contribution in [0.5, 0.6) is 0 Å². The molecule has 0 aromatic carbocycles. The highest BCUT2D eigenvalue weighted by molar-refractivity contribution is 9.10. The number of nitrogens with zero attached hydrogens (tertiary/aromatic N) is 3. The first kappa shape index (κ1) is 9.65. The molecule has 1 aliphatic heterocycles. The number of hydrogen-bond acceptors (Lipinski definition) is 3. The van der Waals surface area contributed by atoms with E-state index in [1.54, 1.807) is 12.4 Å². The molecule has 3 nitrogen and oxygen atoms in total. The van der Waals surface area contributed by atoms with Crippen LogP contribution in [0.15, 0.2) is 29.0 Å². The van der Waals surface area contributed by atoms with Crippen molar-refractivity contribution in [1.82, 2.24) is 9.97 Å². The van der Waals surface area contributed by atoms with Crippen molar-refractivity contribution < 1.29 is 0 Å². The monoisotopic (exact) mass is 253 g/mol. The van der Waals surface area contributed by atoms with Crippen LogP contribution in [0.25, 0.3) is 0 Å². The van der Waals surface area contributed by atoms with E-state index < -0.39 is 0 Å². The second-order valence-electron chi connectivity index (χ2n) is 3.44. The molecule has 1 saturated heterocycles. The average molecular weight is 254 g/mol. The zero-order valence-electron chi connectivity index (χ0n) is 7.91. The summed E-state index contributed by atoms with van der Waals surface area (Å²) in [5.74, 6) is 0.820. The highest BCUT2D eigenvalue weighted by Crippen LogP contribution is 2.18. The first-order valence-corrected chi connectivity index (χ1v) is 5.44. The maximum atomic E-state index is 4.27. The summed E-state index contributed by atoms with van der Waals surface area (Å²) in [5, 5.41) is 0. The number of piperidine rings is 1. The van der Waals surface area contributed by atoms with Crippen LogP contribution in [0.1, 0.15) is 12.8 Å². The second kappa shape index (κ2) is 4.09. The summed E-state index contributed by atoms with van der Waals surface area (Å²) in [7, 11) is 0. The minimum Gasteiger partial charge on any atom is -0.340 e. The lowest BCUT2D eigenvalue weighted by atomic mass is 10.1. The van der Waals surface area contributed by atoms with Gasteiger partial charge in [-0.3, -0.25) is 0 Å². The van der Waals surface area contributed by atoms with Crippen LogP contribution in [0.3, 0.4) is 0 Å². The summed E-state index contributed by atoms with van der Waals surface area (Å²) in [4.78, 5) is 10.7. The van der Waals surface area contributed by atoms with Crippen molar-refractivity contribution >= 4 is 21.9 Å². The van der Waals surface area contributed by atoms with Crippen molar-refractivity contribution in [3.63, 3.8) is 0 Å². The van der Waals surface area contributed by atoms with E-state index in [0.29, 0.717) is 0 Å². The number of anilines is 1. The van der Waals surface area contributed by atoms with E-state index in [9.17, 15) is 0 Å². The van der Waals surface area contributed by atoms with Gasteiger partial charge in [0.2, 0.25) is 5.95 Å². The van der Waals surface area contributed by atoms with Crippen molar-refractivity contribution in [3.8, 4) is 0 Å². The van der Waals surface area contributed by atoms with Gasteiger partial charge in [0.05, 0.1) is 4.47 Å². The average Bonchev–Trinajstić information content (AvgIpc) is 2.21. The zero-order chi connectivity index (χ0) is 9.97. The zero-order valence-corrected chi connectivity index (χ0v) is 9.50. The fraction of sp³-hybridized carbons (Fsp3) is 0.400. The van der Waals surface area contributed by atoms with Crippen LogP contribution < -0.4 is 4.90 Å². The van der Waals surface area contributed by atoms with Crippen molar-refractivity contribution in [2.45, 2.75) is 12.8 Å². The Morgan fingerprint density at radius 3 is 2.36 bits per heavy atom. The fourth-order valence-corrected chi connectivity index (χ4v) is 1.70. The Labute approximate surface area is 92.0 Å². The SMILES string of the molecule is C=C1CCN(c2ncc(Br)cn2)CC1. The highest BCUT2D eigenvalue weighted by atomic mass is 79.9. The molecule has 2 heterocycles. The molecule has 0 atom stereocenters. The first-order valence-electron chi connectivity index (χ1n) is 4.65. The highest BCUT2D eigenvalue weighted by Gasteiger charge is 2.14. The van der Waals surface area contributed by atoms with Crippen LogP contribution in [0.4, 0.5) is 5.95 Å². The van der Waals surface area contributed by atoms with E-state index in [2.05, 4.69) is 37.4 Å². The third-order valence-corrected chi connectivity index (χ3v) is 2.77. The third-order valence-electron chi connectivity index (χ3n) is 2.36. The summed E-state index contributed by atoms with van der Waals surface area (Å²) >= 11 is 3.32. The van der Waals surface area contributed by atoms with E-state index >= 15 is 0 Å².